The van der Waals surface area contributed by atoms with Crippen molar-refractivity contribution in [3.8, 4) is 0 Å². The topological polar surface area (TPSA) is 42.7 Å². The smallest absolute Gasteiger partial charge is 0.0900 e. The summed E-state index contributed by atoms with van der Waals surface area (Å²) in [5, 5.41) is 9.14. The van der Waals surface area contributed by atoms with Crippen molar-refractivity contribution < 1.29 is 0 Å². The standard InChI is InChI=1S/C14H22N4S/c1-8-13(10(3)18(6)17-8)7-15-9(2)14-11(4)19-12(5)16-14/h9,15H,7H2,1-6H3. The molecule has 0 fully saturated rings. The van der Waals surface area contributed by atoms with Crippen molar-refractivity contribution in [3.05, 3.63) is 32.5 Å². The van der Waals surface area contributed by atoms with Crippen LogP contribution in [-0.2, 0) is 13.6 Å². The van der Waals surface area contributed by atoms with Crippen molar-refractivity contribution in [1.82, 2.24) is 20.1 Å². The molecule has 1 unspecified atom stereocenters. The highest BCUT2D eigenvalue weighted by Gasteiger charge is 2.15. The molecule has 4 nitrogen and oxygen atoms in total. The summed E-state index contributed by atoms with van der Waals surface area (Å²) < 4.78 is 1.94. The monoisotopic (exact) mass is 278 g/mol. The Morgan fingerprint density at radius 1 is 1.26 bits per heavy atom. The minimum absolute atomic E-state index is 0.268. The minimum atomic E-state index is 0.268. The van der Waals surface area contributed by atoms with Crippen LogP contribution in [0.25, 0.3) is 0 Å². The summed E-state index contributed by atoms with van der Waals surface area (Å²) in [6.07, 6.45) is 0. The van der Waals surface area contributed by atoms with Gasteiger partial charge in [0.1, 0.15) is 0 Å². The van der Waals surface area contributed by atoms with Crippen LogP contribution >= 0.6 is 11.3 Å². The molecule has 1 N–H and O–H groups in total. The van der Waals surface area contributed by atoms with Crippen molar-refractivity contribution in [2.75, 3.05) is 0 Å². The average Bonchev–Trinajstić information content (AvgIpc) is 2.78. The molecule has 0 bridgehead atoms. The molecule has 0 saturated heterocycles. The van der Waals surface area contributed by atoms with Gasteiger partial charge < -0.3 is 5.32 Å². The van der Waals surface area contributed by atoms with Crippen molar-refractivity contribution in [2.45, 2.75) is 47.2 Å². The Morgan fingerprint density at radius 2 is 1.95 bits per heavy atom. The lowest BCUT2D eigenvalue weighted by molar-refractivity contribution is 0.558. The van der Waals surface area contributed by atoms with E-state index in [-0.39, 0.29) is 6.04 Å². The lowest BCUT2D eigenvalue weighted by Crippen LogP contribution is -2.20. The van der Waals surface area contributed by atoms with E-state index < -0.39 is 0 Å². The average molecular weight is 278 g/mol. The second-order valence-electron chi connectivity index (χ2n) is 5.05. The van der Waals surface area contributed by atoms with Gasteiger partial charge in [-0.25, -0.2) is 4.98 Å². The molecule has 0 amide bonds. The Bertz CT molecular complexity index is 583. The number of nitrogens with one attached hydrogen (secondary N) is 1. The molecule has 5 heteroatoms. The van der Waals surface area contributed by atoms with Gasteiger partial charge in [-0.1, -0.05) is 0 Å². The normalized spacial score (nSPS) is 12.9. The summed E-state index contributed by atoms with van der Waals surface area (Å²) in [5.41, 5.74) is 4.79. The lowest BCUT2D eigenvalue weighted by Gasteiger charge is -2.13. The van der Waals surface area contributed by atoms with E-state index in [0.717, 1.165) is 17.2 Å². The van der Waals surface area contributed by atoms with Crippen molar-refractivity contribution >= 4 is 11.3 Å². The highest BCUT2D eigenvalue weighted by Crippen LogP contribution is 2.23. The Balaban J connectivity index is 2.08. The third-order valence-electron chi connectivity index (χ3n) is 3.59. The maximum Gasteiger partial charge on any atom is 0.0900 e. The summed E-state index contributed by atoms with van der Waals surface area (Å²) in [6.45, 7) is 11.4. The van der Waals surface area contributed by atoms with Gasteiger partial charge in [0.25, 0.3) is 0 Å². The van der Waals surface area contributed by atoms with Gasteiger partial charge in [-0.05, 0) is 34.6 Å². The van der Waals surface area contributed by atoms with E-state index in [1.165, 1.54) is 21.8 Å². The Hall–Kier alpha value is -1.20. The number of thiazole rings is 1. The fourth-order valence-corrected chi connectivity index (χ4v) is 3.29. The van der Waals surface area contributed by atoms with Gasteiger partial charge in [0, 0.05) is 35.8 Å². The van der Waals surface area contributed by atoms with Crippen LogP contribution in [0.2, 0.25) is 0 Å². The van der Waals surface area contributed by atoms with E-state index >= 15 is 0 Å². The maximum absolute atomic E-state index is 4.61. The van der Waals surface area contributed by atoms with E-state index in [4.69, 9.17) is 0 Å². The molecule has 2 aromatic heterocycles. The summed E-state index contributed by atoms with van der Waals surface area (Å²) in [5.74, 6) is 0. The molecule has 2 rings (SSSR count). The number of aryl methyl sites for hydroxylation is 4. The quantitative estimate of drug-likeness (QED) is 0.935. The first kappa shape index (κ1) is 14.2. The lowest BCUT2D eigenvalue weighted by atomic mass is 10.1. The maximum atomic E-state index is 4.61. The van der Waals surface area contributed by atoms with Crippen LogP contribution in [0.5, 0.6) is 0 Å². The molecular formula is C14H22N4S. The first-order valence-electron chi connectivity index (χ1n) is 6.56. The summed E-state index contributed by atoms with van der Waals surface area (Å²) >= 11 is 1.76. The van der Waals surface area contributed by atoms with Crippen molar-refractivity contribution in [3.63, 3.8) is 0 Å². The molecule has 19 heavy (non-hydrogen) atoms. The molecule has 0 aliphatic rings. The van der Waals surface area contributed by atoms with Crippen molar-refractivity contribution in [2.24, 2.45) is 7.05 Å². The fraction of sp³-hybridized carbons (Fsp3) is 0.571. The van der Waals surface area contributed by atoms with Gasteiger partial charge in [0.15, 0.2) is 0 Å². The Labute approximate surface area is 118 Å². The summed E-state index contributed by atoms with van der Waals surface area (Å²) in [4.78, 5) is 5.91. The van der Waals surface area contributed by atoms with Gasteiger partial charge in [0.05, 0.1) is 16.4 Å². The van der Waals surface area contributed by atoms with E-state index in [9.17, 15) is 0 Å². The molecular weight excluding hydrogens is 256 g/mol. The van der Waals surface area contributed by atoms with Crippen LogP contribution in [0.1, 0.15) is 45.5 Å². The third kappa shape index (κ3) is 2.87. The van der Waals surface area contributed by atoms with Crippen LogP contribution in [0.4, 0.5) is 0 Å². The van der Waals surface area contributed by atoms with Crippen LogP contribution in [-0.4, -0.2) is 14.8 Å². The predicted molar refractivity (Wildman–Crippen MR) is 79.5 cm³/mol. The fourth-order valence-electron chi connectivity index (χ4n) is 2.37. The Kier molecular flexibility index (Phi) is 4.06. The highest BCUT2D eigenvalue weighted by molar-refractivity contribution is 7.11. The van der Waals surface area contributed by atoms with E-state index in [2.05, 4.69) is 50.0 Å². The number of hydrogen-bond donors (Lipinski definition) is 1. The largest absolute Gasteiger partial charge is 0.305 e. The first-order chi connectivity index (χ1) is 8.90. The molecule has 1 atom stereocenters. The van der Waals surface area contributed by atoms with E-state index in [0.29, 0.717) is 0 Å². The number of hydrogen-bond acceptors (Lipinski definition) is 4. The van der Waals surface area contributed by atoms with Crippen LogP contribution in [0.15, 0.2) is 0 Å². The zero-order valence-electron chi connectivity index (χ0n) is 12.5. The van der Waals surface area contributed by atoms with Crippen LogP contribution < -0.4 is 5.32 Å². The molecule has 0 aliphatic heterocycles. The SMILES string of the molecule is Cc1nc(C(C)NCc2c(C)nn(C)c2C)c(C)s1. The molecule has 0 aromatic carbocycles. The highest BCUT2D eigenvalue weighted by atomic mass is 32.1. The molecule has 0 saturated carbocycles. The van der Waals surface area contributed by atoms with E-state index in [1.54, 1.807) is 11.3 Å². The first-order valence-corrected chi connectivity index (χ1v) is 7.38. The molecule has 0 radical (unpaired) electrons. The van der Waals surface area contributed by atoms with Crippen LogP contribution in [0.3, 0.4) is 0 Å². The van der Waals surface area contributed by atoms with E-state index in [1.807, 2.05) is 11.7 Å². The zero-order chi connectivity index (χ0) is 14.2. The van der Waals surface area contributed by atoms with Gasteiger partial charge in [-0.3, -0.25) is 4.68 Å². The Morgan fingerprint density at radius 3 is 2.42 bits per heavy atom. The second-order valence-corrected chi connectivity index (χ2v) is 6.46. The van der Waals surface area contributed by atoms with Gasteiger partial charge >= 0.3 is 0 Å². The van der Waals surface area contributed by atoms with Crippen molar-refractivity contribution in [1.29, 1.82) is 0 Å². The molecule has 0 aliphatic carbocycles. The van der Waals surface area contributed by atoms with Gasteiger partial charge in [-0.15, -0.1) is 11.3 Å². The summed E-state index contributed by atoms with van der Waals surface area (Å²) in [6, 6.07) is 0.268. The minimum Gasteiger partial charge on any atom is -0.305 e. The van der Waals surface area contributed by atoms with Gasteiger partial charge in [-0.2, -0.15) is 5.10 Å². The number of rotatable bonds is 4. The molecule has 2 aromatic rings. The zero-order valence-corrected chi connectivity index (χ0v) is 13.4. The number of nitrogens with zero attached hydrogens (tertiary/aromatic N) is 3. The second kappa shape index (κ2) is 5.43. The molecule has 104 valence electrons. The molecule has 0 spiro atoms. The third-order valence-corrected chi connectivity index (χ3v) is 4.50. The number of aromatic nitrogens is 3. The summed E-state index contributed by atoms with van der Waals surface area (Å²) in [7, 11) is 1.99. The van der Waals surface area contributed by atoms with Gasteiger partial charge in [0.2, 0.25) is 0 Å². The van der Waals surface area contributed by atoms with Crippen LogP contribution in [0, 0.1) is 27.7 Å². The predicted octanol–water partition coefficient (Wildman–Crippen LogP) is 2.96. The molecule has 2 heterocycles.